The molecule has 0 bridgehead atoms. The molecule has 1 aliphatic carbocycles. The van der Waals surface area contributed by atoms with E-state index in [1.54, 1.807) is 0 Å². The van der Waals surface area contributed by atoms with Crippen LogP contribution in [0.2, 0.25) is 0 Å². The molecule has 0 aromatic carbocycles. The SMILES string of the molecule is CC1CCC(O)C(CN(CCO)CC(F)(F)F)C1. The van der Waals surface area contributed by atoms with E-state index in [0.717, 1.165) is 12.8 Å². The highest BCUT2D eigenvalue weighted by molar-refractivity contribution is 4.81. The van der Waals surface area contributed by atoms with Gasteiger partial charge in [0.05, 0.1) is 19.3 Å². The Balaban J connectivity index is 2.53. The summed E-state index contributed by atoms with van der Waals surface area (Å²) >= 11 is 0. The van der Waals surface area contributed by atoms with Crippen LogP contribution in [0.15, 0.2) is 0 Å². The van der Waals surface area contributed by atoms with E-state index in [0.29, 0.717) is 12.3 Å². The number of halogens is 3. The van der Waals surface area contributed by atoms with Crippen LogP contribution in [0.3, 0.4) is 0 Å². The molecule has 3 unspecified atom stereocenters. The third kappa shape index (κ3) is 5.54. The number of aliphatic hydroxyl groups excluding tert-OH is 2. The van der Waals surface area contributed by atoms with Crippen molar-refractivity contribution >= 4 is 0 Å². The first-order valence-electron chi connectivity index (χ1n) is 6.40. The molecule has 0 amide bonds. The molecule has 6 heteroatoms. The zero-order valence-corrected chi connectivity index (χ0v) is 10.7. The molecule has 0 heterocycles. The van der Waals surface area contributed by atoms with Crippen LogP contribution in [-0.2, 0) is 0 Å². The van der Waals surface area contributed by atoms with Crippen molar-refractivity contribution in [2.45, 2.75) is 38.5 Å². The molecular weight excluding hydrogens is 247 g/mol. The maximum Gasteiger partial charge on any atom is 0.401 e. The van der Waals surface area contributed by atoms with Crippen molar-refractivity contribution in [1.29, 1.82) is 0 Å². The number of nitrogens with zero attached hydrogens (tertiary/aromatic N) is 1. The van der Waals surface area contributed by atoms with Crippen LogP contribution < -0.4 is 0 Å². The summed E-state index contributed by atoms with van der Waals surface area (Å²) in [4.78, 5) is 1.19. The first-order chi connectivity index (χ1) is 8.31. The van der Waals surface area contributed by atoms with Crippen molar-refractivity contribution < 1.29 is 23.4 Å². The van der Waals surface area contributed by atoms with Gasteiger partial charge in [-0.3, -0.25) is 4.90 Å². The minimum Gasteiger partial charge on any atom is -0.395 e. The predicted octanol–water partition coefficient (Wildman–Crippen LogP) is 1.64. The molecular formula is C12H22F3NO2. The van der Waals surface area contributed by atoms with Crippen LogP contribution in [0.1, 0.15) is 26.2 Å². The minimum atomic E-state index is -4.26. The first kappa shape index (κ1) is 15.7. The van der Waals surface area contributed by atoms with E-state index in [-0.39, 0.29) is 25.6 Å². The normalized spacial score (nSPS) is 29.8. The molecule has 0 spiro atoms. The molecule has 1 fully saturated rings. The van der Waals surface area contributed by atoms with Crippen LogP contribution in [0.25, 0.3) is 0 Å². The molecule has 1 aliphatic rings. The van der Waals surface area contributed by atoms with Crippen molar-refractivity contribution in [1.82, 2.24) is 4.90 Å². The van der Waals surface area contributed by atoms with Crippen LogP contribution >= 0.6 is 0 Å². The van der Waals surface area contributed by atoms with Crippen molar-refractivity contribution in [3.63, 3.8) is 0 Å². The Morgan fingerprint density at radius 1 is 1.28 bits per heavy atom. The van der Waals surface area contributed by atoms with Gasteiger partial charge in [0, 0.05) is 13.1 Å². The summed E-state index contributed by atoms with van der Waals surface area (Å²) < 4.78 is 37.1. The smallest absolute Gasteiger partial charge is 0.395 e. The summed E-state index contributed by atoms with van der Waals surface area (Å²) in [6, 6.07) is 0. The van der Waals surface area contributed by atoms with Gasteiger partial charge in [0.2, 0.25) is 0 Å². The van der Waals surface area contributed by atoms with E-state index in [9.17, 15) is 18.3 Å². The Bertz CT molecular complexity index is 248. The third-order valence-corrected chi connectivity index (χ3v) is 3.52. The highest BCUT2D eigenvalue weighted by atomic mass is 19.4. The number of rotatable bonds is 5. The molecule has 0 aromatic rings. The van der Waals surface area contributed by atoms with Crippen LogP contribution in [-0.4, -0.2) is 53.6 Å². The Labute approximate surface area is 106 Å². The summed E-state index contributed by atoms with van der Waals surface area (Å²) in [5.41, 5.74) is 0. The lowest BCUT2D eigenvalue weighted by Gasteiger charge is -2.35. The molecule has 1 rings (SSSR count). The highest BCUT2D eigenvalue weighted by Gasteiger charge is 2.34. The van der Waals surface area contributed by atoms with Crippen molar-refractivity contribution in [3.8, 4) is 0 Å². The standard InChI is InChI=1S/C12H22F3NO2/c1-9-2-3-11(18)10(6-9)7-16(4-5-17)8-12(13,14)15/h9-11,17-18H,2-8H2,1H3. The van der Waals surface area contributed by atoms with Gasteiger partial charge in [-0.15, -0.1) is 0 Å². The molecule has 0 aromatic heterocycles. The van der Waals surface area contributed by atoms with E-state index in [1.807, 2.05) is 0 Å². The van der Waals surface area contributed by atoms with Gasteiger partial charge in [-0.1, -0.05) is 6.92 Å². The van der Waals surface area contributed by atoms with Crippen molar-refractivity contribution in [2.75, 3.05) is 26.2 Å². The molecule has 0 saturated heterocycles. The third-order valence-electron chi connectivity index (χ3n) is 3.52. The number of hydrogen-bond donors (Lipinski definition) is 2. The van der Waals surface area contributed by atoms with E-state index in [4.69, 9.17) is 5.11 Å². The van der Waals surface area contributed by atoms with Crippen molar-refractivity contribution in [2.24, 2.45) is 11.8 Å². The Morgan fingerprint density at radius 2 is 1.94 bits per heavy atom. The van der Waals surface area contributed by atoms with Gasteiger partial charge in [0.25, 0.3) is 0 Å². The molecule has 3 atom stereocenters. The number of alkyl halides is 3. The maximum absolute atomic E-state index is 12.4. The summed E-state index contributed by atoms with van der Waals surface area (Å²) in [5.74, 6) is 0.322. The number of aliphatic hydroxyl groups is 2. The summed E-state index contributed by atoms with van der Waals surface area (Å²) in [7, 11) is 0. The predicted molar refractivity (Wildman–Crippen MR) is 62.1 cm³/mol. The Morgan fingerprint density at radius 3 is 2.50 bits per heavy atom. The molecule has 0 aliphatic heterocycles. The van der Waals surface area contributed by atoms with E-state index < -0.39 is 18.8 Å². The zero-order chi connectivity index (χ0) is 13.8. The fraction of sp³-hybridized carbons (Fsp3) is 1.00. The second-order valence-corrected chi connectivity index (χ2v) is 5.32. The maximum atomic E-state index is 12.4. The second-order valence-electron chi connectivity index (χ2n) is 5.32. The van der Waals surface area contributed by atoms with Gasteiger partial charge < -0.3 is 10.2 Å². The average molecular weight is 269 g/mol. The average Bonchev–Trinajstić information content (AvgIpc) is 2.21. The van der Waals surface area contributed by atoms with Gasteiger partial charge in [-0.25, -0.2) is 0 Å². The van der Waals surface area contributed by atoms with Gasteiger partial charge in [0.1, 0.15) is 0 Å². The van der Waals surface area contributed by atoms with Crippen LogP contribution in [0, 0.1) is 11.8 Å². The first-order valence-corrected chi connectivity index (χ1v) is 6.40. The quantitative estimate of drug-likeness (QED) is 0.797. The van der Waals surface area contributed by atoms with E-state index >= 15 is 0 Å². The summed E-state index contributed by atoms with van der Waals surface area (Å²) in [6.07, 6.45) is -2.45. The van der Waals surface area contributed by atoms with Crippen LogP contribution in [0.5, 0.6) is 0 Å². The molecule has 1 saturated carbocycles. The Kier molecular flexibility index (Phi) is 5.88. The minimum absolute atomic E-state index is 0.00287. The van der Waals surface area contributed by atoms with Crippen molar-refractivity contribution in [3.05, 3.63) is 0 Å². The van der Waals surface area contributed by atoms with Crippen LogP contribution in [0.4, 0.5) is 13.2 Å². The lowest BCUT2D eigenvalue weighted by atomic mass is 9.80. The lowest BCUT2D eigenvalue weighted by Crippen LogP contribution is -2.43. The monoisotopic (exact) mass is 269 g/mol. The molecule has 108 valence electrons. The fourth-order valence-electron chi connectivity index (χ4n) is 2.64. The van der Waals surface area contributed by atoms with E-state index in [2.05, 4.69) is 6.92 Å². The van der Waals surface area contributed by atoms with Gasteiger partial charge >= 0.3 is 6.18 Å². The zero-order valence-electron chi connectivity index (χ0n) is 10.7. The molecule has 18 heavy (non-hydrogen) atoms. The lowest BCUT2D eigenvalue weighted by molar-refractivity contribution is -0.150. The fourth-order valence-corrected chi connectivity index (χ4v) is 2.64. The molecule has 3 nitrogen and oxygen atoms in total. The topological polar surface area (TPSA) is 43.7 Å². The Hall–Kier alpha value is -0.330. The largest absolute Gasteiger partial charge is 0.401 e. The number of hydrogen-bond acceptors (Lipinski definition) is 3. The van der Waals surface area contributed by atoms with Gasteiger partial charge in [-0.05, 0) is 31.1 Å². The summed E-state index contributed by atoms with van der Waals surface area (Å²) in [6.45, 7) is 0.932. The highest BCUT2D eigenvalue weighted by Crippen LogP contribution is 2.30. The van der Waals surface area contributed by atoms with Gasteiger partial charge in [0.15, 0.2) is 0 Å². The second kappa shape index (κ2) is 6.73. The van der Waals surface area contributed by atoms with E-state index in [1.165, 1.54) is 4.90 Å². The molecule has 0 radical (unpaired) electrons. The van der Waals surface area contributed by atoms with Gasteiger partial charge in [-0.2, -0.15) is 13.2 Å². The summed E-state index contributed by atoms with van der Waals surface area (Å²) in [5, 5.41) is 18.6. The molecule has 2 N–H and O–H groups in total.